The van der Waals surface area contributed by atoms with Crippen LogP contribution in [-0.4, -0.2) is 16.1 Å². The molecule has 2 aromatic heterocycles. The fourth-order valence-corrected chi connectivity index (χ4v) is 2.65. The molecule has 0 unspecified atom stereocenters. The molecule has 3 heteroatoms. The van der Waals surface area contributed by atoms with Crippen molar-refractivity contribution in [2.45, 2.75) is 26.9 Å². The molecule has 0 atom stereocenters. The molecular formula is C18H21N3. The number of rotatable bonds is 5. The Morgan fingerprint density at radius 3 is 2.81 bits per heavy atom. The highest BCUT2D eigenvalue weighted by molar-refractivity contribution is 5.81. The van der Waals surface area contributed by atoms with Gasteiger partial charge in [-0.15, -0.1) is 0 Å². The van der Waals surface area contributed by atoms with Gasteiger partial charge in [-0.2, -0.15) is 0 Å². The Bertz CT molecular complexity index is 743. The number of nitrogens with zero attached hydrogens (tertiary/aromatic N) is 2. The quantitative estimate of drug-likeness (QED) is 0.774. The third-order valence-corrected chi connectivity index (χ3v) is 3.70. The highest BCUT2D eigenvalue weighted by Gasteiger charge is 2.04. The molecule has 0 fully saturated rings. The lowest BCUT2D eigenvalue weighted by molar-refractivity contribution is 0.726. The van der Waals surface area contributed by atoms with E-state index in [2.05, 4.69) is 65.2 Å². The van der Waals surface area contributed by atoms with Crippen LogP contribution in [0.25, 0.3) is 10.9 Å². The minimum absolute atomic E-state index is 0.864. The number of aryl methyl sites for hydroxylation is 1. The van der Waals surface area contributed by atoms with Gasteiger partial charge in [0, 0.05) is 37.2 Å². The maximum Gasteiger partial charge on any atom is 0.0491 e. The summed E-state index contributed by atoms with van der Waals surface area (Å²) in [5, 5.41) is 4.67. The van der Waals surface area contributed by atoms with E-state index in [4.69, 9.17) is 0 Å². The average Bonchev–Trinajstić information content (AvgIpc) is 2.88. The summed E-state index contributed by atoms with van der Waals surface area (Å²) in [6, 6.07) is 11.1. The SMILES string of the molecule is CCNCc1ccc2ccn(Cc3cncc(C)c3)c2c1. The number of hydrogen-bond donors (Lipinski definition) is 1. The highest BCUT2D eigenvalue weighted by Crippen LogP contribution is 2.19. The first-order chi connectivity index (χ1) is 10.3. The molecule has 0 amide bonds. The van der Waals surface area contributed by atoms with Crippen LogP contribution in [-0.2, 0) is 13.1 Å². The van der Waals surface area contributed by atoms with Crippen LogP contribution in [0.15, 0.2) is 48.9 Å². The number of aromatic nitrogens is 2. The zero-order valence-electron chi connectivity index (χ0n) is 12.6. The molecule has 108 valence electrons. The number of nitrogens with one attached hydrogen (secondary N) is 1. The second-order valence-electron chi connectivity index (χ2n) is 5.49. The van der Waals surface area contributed by atoms with E-state index in [0.717, 1.165) is 19.6 Å². The minimum atomic E-state index is 0.864. The van der Waals surface area contributed by atoms with Crippen molar-refractivity contribution in [1.82, 2.24) is 14.9 Å². The molecule has 0 radical (unpaired) electrons. The first kappa shape index (κ1) is 13.8. The molecule has 0 saturated carbocycles. The Labute approximate surface area is 125 Å². The normalized spacial score (nSPS) is 11.1. The predicted octanol–water partition coefficient (Wildman–Crippen LogP) is 3.50. The summed E-state index contributed by atoms with van der Waals surface area (Å²) >= 11 is 0. The molecule has 1 N–H and O–H groups in total. The number of fused-ring (bicyclic) bond motifs is 1. The minimum Gasteiger partial charge on any atom is -0.343 e. The van der Waals surface area contributed by atoms with Crippen molar-refractivity contribution < 1.29 is 0 Å². The number of pyridine rings is 1. The molecule has 2 heterocycles. The summed E-state index contributed by atoms with van der Waals surface area (Å²) in [7, 11) is 0. The lowest BCUT2D eigenvalue weighted by atomic mass is 10.1. The number of benzene rings is 1. The maximum atomic E-state index is 4.28. The highest BCUT2D eigenvalue weighted by atomic mass is 15.0. The van der Waals surface area contributed by atoms with E-state index in [1.807, 2.05) is 12.4 Å². The zero-order valence-corrected chi connectivity index (χ0v) is 12.6. The van der Waals surface area contributed by atoms with Crippen molar-refractivity contribution in [1.29, 1.82) is 0 Å². The van der Waals surface area contributed by atoms with E-state index in [-0.39, 0.29) is 0 Å². The van der Waals surface area contributed by atoms with Crippen LogP contribution in [0.2, 0.25) is 0 Å². The summed E-state index contributed by atoms with van der Waals surface area (Å²) in [6.45, 7) is 6.99. The van der Waals surface area contributed by atoms with Gasteiger partial charge in [-0.3, -0.25) is 4.98 Å². The third kappa shape index (κ3) is 3.14. The molecule has 3 nitrogen and oxygen atoms in total. The van der Waals surface area contributed by atoms with E-state index in [9.17, 15) is 0 Å². The Morgan fingerprint density at radius 1 is 1.10 bits per heavy atom. The average molecular weight is 279 g/mol. The molecule has 0 saturated heterocycles. The topological polar surface area (TPSA) is 29.9 Å². The van der Waals surface area contributed by atoms with Gasteiger partial charge in [-0.05, 0) is 47.7 Å². The summed E-state index contributed by atoms with van der Waals surface area (Å²) in [5.41, 5.74) is 5.06. The molecule has 0 aliphatic heterocycles. The standard InChI is InChI=1S/C18H21N3/c1-3-19-11-15-4-5-17-6-7-21(18(17)9-15)13-16-8-14(2)10-20-12-16/h4-10,12,19H,3,11,13H2,1-2H3. The number of hydrogen-bond acceptors (Lipinski definition) is 2. The molecule has 1 aromatic carbocycles. The lowest BCUT2D eigenvalue weighted by Gasteiger charge is -2.08. The van der Waals surface area contributed by atoms with Crippen molar-refractivity contribution in [2.24, 2.45) is 0 Å². The van der Waals surface area contributed by atoms with E-state index >= 15 is 0 Å². The summed E-state index contributed by atoms with van der Waals surface area (Å²) in [4.78, 5) is 4.28. The van der Waals surface area contributed by atoms with Crippen LogP contribution in [0, 0.1) is 6.92 Å². The van der Waals surface area contributed by atoms with Crippen LogP contribution in [0.5, 0.6) is 0 Å². The van der Waals surface area contributed by atoms with Crippen molar-refractivity contribution in [3.63, 3.8) is 0 Å². The smallest absolute Gasteiger partial charge is 0.0491 e. The zero-order chi connectivity index (χ0) is 14.7. The second-order valence-corrected chi connectivity index (χ2v) is 5.49. The second kappa shape index (κ2) is 6.10. The molecule has 3 aromatic rings. The summed E-state index contributed by atoms with van der Waals surface area (Å²) in [6.07, 6.45) is 6.00. The van der Waals surface area contributed by atoms with Crippen LogP contribution in [0.1, 0.15) is 23.6 Å². The summed E-state index contributed by atoms with van der Waals surface area (Å²) in [5.74, 6) is 0. The van der Waals surface area contributed by atoms with Crippen molar-refractivity contribution in [3.05, 3.63) is 65.6 Å². The molecule has 3 rings (SSSR count). The molecule has 21 heavy (non-hydrogen) atoms. The van der Waals surface area contributed by atoms with Gasteiger partial charge in [-0.25, -0.2) is 0 Å². The van der Waals surface area contributed by atoms with Gasteiger partial charge in [-0.1, -0.05) is 25.1 Å². The van der Waals surface area contributed by atoms with Gasteiger partial charge in [0.25, 0.3) is 0 Å². The molecular weight excluding hydrogens is 258 g/mol. The molecule has 0 aliphatic rings. The van der Waals surface area contributed by atoms with Crippen LogP contribution in [0.4, 0.5) is 0 Å². The third-order valence-electron chi connectivity index (χ3n) is 3.70. The van der Waals surface area contributed by atoms with Gasteiger partial charge < -0.3 is 9.88 Å². The van der Waals surface area contributed by atoms with Crippen LogP contribution in [0.3, 0.4) is 0 Å². The van der Waals surface area contributed by atoms with Crippen molar-refractivity contribution >= 4 is 10.9 Å². The van der Waals surface area contributed by atoms with Gasteiger partial charge in [0.2, 0.25) is 0 Å². The van der Waals surface area contributed by atoms with Crippen LogP contribution >= 0.6 is 0 Å². The Morgan fingerprint density at radius 2 is 2.00 bits per heavy atom. The van der Waals surface area contributed by atoms with Crippen molar-refractivity contribution in [3.8, 4) is 0 Å². The van der Waals surface area contributed by atoms with Gasteiger partial charge in [0.1, 0.15) is 0 Å². The molecule has 0 aliphatic carbocycles. The fraction of sp³-hybridized carbons (Fsp3) is 0.278. The van der Waals surface area contributed by atoms with Gasteiger partial charge in [0.05, 0.1) is 0 Å². The van der Waals surface area contributed by atoms with E-state index in [1.54, 1.807) is 0 Å². The van der Waals surface area contributed by atoms with E-state index < -0.39 is 0 Å². The largest absolute Gasteiger partial charge is 0.343 e. The van der Waals surface area contributed by atoms with E-state index in [1.165, 1.54) is 27.6 Å². The van der Waals surface area contributed by atoms with Crippen molar-refractivity contribution in [2.75, 3.05) is 6.54 Å². The molecule has 0 spiro atoms. The van der Waals surface area contributed by atoms with Gasteiger partial charge in [0.15, 0.2) is 0 Å². The Balaban J connectivity index is 1.91. The predicted molar refractivity (Wildman–Crippen MR) is 87.4 cm³/mol. The lowest BCUT2D eigenvalue weighted by Crippen LogP contribution is -2.11. The van der Waals surface area contributed by atoms with E-state index in [0.29, 0.717) is 0 Å². The maximum absolute atomic E-state index is 4.28. The molecule has 0 bridgehead atoms. The first-order valence-corrected chi connectivity index (χ1v) is 7.45. The fourth-order valence-electron chi connectivity index (χ4n) is 2.65. The van der Waals surface area contributed by atoms with Crippen LogP contribution < -0.4 is 5.32 Å². The van der Waals surface area contributed by atoms with Gasteiger partial charge >= 0.3 is 0 Å². The first-order valence-electron chi connectivity index (χ1n) is 7.45. The Hall–Kier alpha value is -2.13. The summed E-state index contributed by atoms with van der Waals surface area (Å²) < 4.78 is 2.29. The monoisotopic (exact) mass is 279 g/mol. The Kier molecular flexibility index (Phi) is 4.02.